The molecule has 0 spiro atoms. The highest BCUT2D eigenvalue weighted by molar-refractivity contribution is 7.88. The van der Waals surface area contributed by atoms with E-state index in [1.165, 1.54) is 4.31 Å². The van der Waals surface area contributed by atoms with E-state index in [1.807, 2.05) is 13.8 Å². The van der Waals surface area contributed by atoms with Gasteiger partial charge in [-0.15, -0.1) is 12.4 Å². The number of rotatable bonds is 8. The van der Waals surface area contributed by atoms with Crippen LogP contribution in [0.3, 0.4) is 0 Å². The Morgan fingerprint density at radius 1 is 1.32 bits per heavy atom. The Balaban J connectivity index is 0.00000441. The van der Waals surface area contributed by atoms with Crippen LogP contribution < -0.4 is 10.5 Å². The first-order chi connectivity index (χ1) is 9.76. The first-order valence-electron chi connectivity index (χ1n) is 7.08. The largest absolute Gasteiger partial charge is 0.497 e. The monoisotopic (exact) mass is 350 g/mol. The summed E-state index contributed by atoms with van der Waals surface area (Å²) in [5, 5.41) is 0. The number of ether oxygens (including phenoxy) is 1. The van der Waals surface area contributed by atoms with E-state index in [0.29, 0.717) is 30.2 Å². The minimum atomic E-state index is -3.34. The van der Waals surface area contributed by atoms with E-state index < -0.39 is 10.0 Å². The first-order valence-corrected chi connectivity index (χ1v) is 8.69. The molecule has 1 rings (SSSR count). The van der Waals surface area contributed by atoms with Gasteiger partial charge in [0.1, 0.15) is 5.75 Å². The Hall–Kier alpha value is -0.820. The van der Waals surface area contributed by atoms with Crippen molar-refractivity contribution in [3.8, 4) is 5.75 Å². The summed E-state index contributed by atoms with van der Waals surface area (Å²) in [6.07, 6.45) is 0.658. The predicted octanol–water partition coefficient (Wildman–Crippen LogP) is 2.25. The molecule has 1 unspecified atom stereocenters. The van der Waals surface area contributed by atoms with E-state index in [9.17, 15) is 8.42 Å². The fraction of sp³-hybridized carbons (Fsp3) is 0.600. The average molecular weight is 351 g/mol. The van der Waals surface area contributed by atoms with Gasteiger partial charge < -0.3 is 10.5 Å². The van der Waals surface area contributed by atoms with Crippen molar-refractivity contribution in [1.82, 2.24) is 4.31 Å². The molecule has 22 heavy (non-hydrogen) atoms. The smallest absolute Gasteiger partial charge is 0.218 e. The molecular weight excluding hydrogens is 324 g/mol. The normalized spacial score (nSPS) is 13.0. The van der Waals surface area contributed by atoms with Crippen LogP contribution in [0, 0.1) is 5.92 Å². The van der Waals surface area contributed by atoms with E-state index in [1.54, 1.807) is 38.4 Å². The topological polar surface area (TPSA) is 72.6 Å². The highest BCUT2D eigenvalue weighted by Gasteiger charge is 2.20. The number of hydrogen-bond donors (Lipinski definition) is 1. The maximum Gasteiger partial charge on any atom is 0.218 e. The number of nitrogens with two attached hydrogens (primary N) is 1. The van der Waals surface area contributed by atoms with Crippen molar-refractivity contribution in [2.24, 2.45) is 11.7 Å². The van der Waals surface area contributed by atoms with Crippen molar-refractivity contribution in [3.63, 3.8) is 0 Å². The number of methoxy groups -OCH3 is 1. The van der Waals surface area contributed by atoms with Gasteiger partial charge in [0.05, 0.1) is 12.9 Å². The van der Waals surface area contributed by atoms with Gasteiger partial charge in [0, 0.05) is 19.6 Å². The van der Waals surface area contributed by atoms with Gasteiger partial charge >= 0.3 is 0 Å². The molecule has 5 nitrogen and oxygen atoms in total. The SMILES string of the molecule is COc1cccc(CS(=O)(=O)N(C)CCC(N)C(C)C)c1.Cl. The highest BCUT2D eigenvalue weighted by Crippen LogP contribution is 2.16. The van der Waals surface area contributed by atoms with Gasteiger partial charge in [-0.1, -0.05) is 26.0 Å². The van der Waals surface area contributed by atoms with Crippen molar-refractivity contribution in [2.75, 3.05) is 20.7 Å². The Kier molecular flexibility index (Phi) is 9.00. The fourth-order valence-corrected chi connectivity index (χ4v) is 3.09. The molecule has 0 saturated carbocycles. The lowest BCUT2D eigenvalue weighted by atomic mass is 10.0. The van der Waals surface area contributed by atoms with Crippen molar-refractivity contribution < 1.29 is 13.2 Å². The Morgan fingerprint density at radius 3 is 2.50 bits per heavy atom. The maximum atomic E-state index is 12.3. The third kappa shape index (κ3) is 6.52. The lowest BCUT2D eigenvalue weighted by Crippen LogP contribution is -2.35. The van der Waals surface area contributed by atoms with Crippen LogP contribution in [0.4, 0.5) is 0 Å². The highest BCUT2D eigenvalue weighted by atomic mass is 35.5. The van der Waals surface area contributed by atoms with Crippen molar-refractivity contribution in [1.29, 1.82) is 0 Å². The molecule has 0 bridgehead atoms. The van der Waals surface area contributed by atoms with Gasteiger partial charge in [-0.3, -0.25) is 0 Å². The molecule has 0 aromatic heterocycles. The number of benzene rings is 1. The van der Waals surface area contributed by atoms with E-state index in [-0.39, 0.29) is 24.2 Å². The lowest BCUT2D eigenvalue weighted by molar-refractivity contribution is 0.397. The van der Waals surface area contributed by atoms with Crippen LogP contribution in [0.2, 0.25) is 0 Å². The van der Waals surface area contributed by atoms with Crippen molar-refractivity contribution in [3.05, 3.63) is 29.8 Å². The molecule has 1 aromatic carbocycles. The minimum absolute atomic E-state index is 0. The summed E-state index contributed by atoms with van der Waals surface area (Å²) in [6, 6.07) is 7.12. The summed E-state index contributed by atoms with van der Waals surface area (Å²) >= 11 is 0. The molecule has 0 amide bonds. The molecule has 1 aromatic rings. The molecule has 0 radical (unpaired) electrons. The van der Waals surface area contributed by atoms with Gasteiger partial charge in [-0.2, -0.15) is 0 Å². The molecule has 2 N–H and O–H groups in total. The van der Waals surface area contributed by atoms with Crippen LogP contribution in [0.25, 0.3) is 0 Å². The Labute approximate surface area is 140 Å². The number of hydrogen-bond acceptors (Lipinski definition) is 4. The van der Waals surface area contributed by atoms with Gasteiger partial charge in [-0.05, 0) is 30.0 Å². The molecule has 0 aliphatic rings. The number of halogens is 1. The van der Waals surface area contributed by atoms with E-state index >= 15 is 0 Å². The van der Waals surface area contributed by atoms with Gasteiger partial charge in [0.2, 0.25) is 10.0 Å². The molecule has 0 heterocycles. The maximum absolute atomic E-state index is 12.3. The van der Waals surface area contributed by atoms with Crippen LogP contribution >= 0.6 is 12.4 Å². The van der Waals surface area contributed by atoms with Gasteiger partial charge in [0.25, 0.3) is 0 Å². The molecule has 128 valence electrons. The van der Waals surface area contributed by atoms with Crippen LogP contribution in [0.5, 0.6) is 5.75 Å². The first kappa shape index (κ1) is 21.2. The van der Waals surface area contributed by atoms with E-state index in [0.717, 1.165) is 0 Å². The zero-order valence-electron chi connectivity index (χ0n) is 13.7. The van der Waals surface area contributed by atoms with Crippen molar-refractivity contribution in [2.45, 2.75) is 32.1 Å². The van der Waals surface area contributed by atoms with Crippen LogP contribution in [0.1, 0.15) is 25.8 Å². The number of sulfonamides is 1. The molecule has 1 atom stereocenters. The quantitative estimate of drug-likeness (QED) is 0.780. The Bertz CT molecular complexity index is 549. The number of nitrogens with zero attached hydrogens (tertiary/aromatic N) is 1. The van der Waals surface area contributed by atoms with Crippen LogP contribution in [0.15, 0.2) is 24.3 Å². The molecule has 7 heteroatoms. The summed E-state index contributed by atoms with van der Waals surface area (Å²) in [7, 11) is -0.175. The lowest BCUT2D eigenvalue weighted by Gasteiger charge is -2.21. The summed E-state index contributed by atoms with van der Waals surface area (Å²) in [5.41, 5.74) is 6.68. The summed E-state index contributed by atoms with van der Waals surface area (Å²) < 4.78 is 31.1. The van der Waals surface area contributed by atoms with Crippen LogP contribution in [-0.4, -0.2) is 39.5 Å². The van der Waals surface area contributed by atoms with Gasteiger partial charge in [-0.25, -0.2) is 12.7 Å². The second-order valence-electron chi connectivity index (χ2n) is 5.63. The Morgan fingerprint density at radius 2 is 1.95 bits per heavy atom. The predicted molar refractivity (Wildman–Crippen MR) is 92.9 cm³/mol. The zero-order valence-corrected chi connectivity index (χ0v) is 15.3. The average Bonchev–Trinajstić information content (AvgIpc) is 2.43. The third-order valence-corrected chi connectivity index (χ3v) is 5.42. The summed E-state index contributed by atoms with van der Waals surface area (Å²) in [6.45, 7) is 4.51. The molecule has 0 aliphatic heterocycles. The standard InChI is InChI=1S/C15H26N2O3S.ClH/c1-12(2)15(16)8-9-17(3)21(18,19)11-13-6-5-7-14(10-13)20-4;/h5-7,10,12,15H,8-9,11,16H2,1-4H3;1H. The second-order valence-corrected chi connectivity index (χ2v) is 7.70. The summed E-state index contributed by atoms with van der Waals surface area (Å²) in [4.78, 5) is 0. The fourth-order valence-electron chi connectivity index (χ4n) is 1.89. The molecular formula is C15H27ClN2O3S. The zero-order chi connectivity index (χ0) is 16.0. The van der Waals surface area contributed by atoms with E-state index in [2.05, 4.69) is 0 Å². The molecule has 0 fully saturated rings. The summed E-state index contributed by atoms with van der Waals surface area (Å²) in [5.74, 6) is 0.976. The van der Waals surface area contributed by atoms with Crippen molar-refractivity contribution >= 4 is 22.4 Å². The van der Waals surface area contributed by atoms with Gasteiger partial charge in [0.15, 0.2) is 0 Å². The molecule has 0 aliphatic carbocycles. The second kappa shape index (κ2) is 9.35. The third-order valence-electron chi connectivity index (χ3n) is 3.59. The minimum Gasteiger partial charge on any atom is -0.497 e. The van der Waals surface area contributed by atoms with E-state index in [4.69, 9.17) is 10.5 Å². The molecule has 0 saturated heterocycles. The van der Waals surface area contributed by atoms with Crippen LogP contribution in [-0.2, 0) is 15.8 Å².